The van der Waals surface area contributed by atoms with Gasteiger partial charge in [-0.3, -0.25) is 29.5 Å². The third-order valence-electron chi connectivity index (χ3n) is 4.25. The van der Waals surface area contributed by atoms with E-state index in [1.165, 1.54) is 36.0 Å². The predicted molar refractivity (Wildman–Crippen MR) is 103 cm³/mol. The van der Waals surface area contributed by atoms with Gasteiger partial charge in [0, 0.05) is 23.4 Å². The molecule has 0 aromatic heterocycles. The minimum atomic E-state index is -0.669. The number of nitrogens with one attached hydrogen (secondary N) is 1. The van der Waals surface area contributed by atoms with Gasteiger partial charge in [0.05, 0.1) is 28.3 Å². The number of thioether (sulfide) groups is 1. The largest absolute Gasteiger partial charge is 0.301 e. The Morgan fingerprint density at radius 2 is 1.93 bits per heavy atom. The summed E-state index contributed by atoms with van der Waals surface area (Å²) in [6.45, 7) is 0.640. The van der Waals surface area contributed by atoms with Gasteiger partial charge in [0.15, 0.2) is 5.17 Å². The number of nitro benzene ring substituents is 1. The topological polar surface area (TPSA) is 122 Å². The highest BCUT2D eigenvalue weighted by molar-refractivity contribution is 8.14. The number of non-ortho nitro benzene ring substituents is 1. The van der Waals surface area contributed by atoms with Gasteiger partial charge < -0.3 is 5.32 Å². The third-order valence-corrected chi connectivity index (χ3v) is 5.14. The molecule has 2 aliphatic heterocycles. The van der Waals surface area contributed by atoms with Crippen molar-refractivity contribution in [2.24, 2.45) is 4.99 Å². The molecule has 4 rings (SSSR count). The quantitative estimate of drug-likeness (QED) is 0.482. The number of hydrogen-bond acceptors (Lipinski definition) is 7. The smallest absolute Gasteiger partial charge is 0.270 e. The summed E-state index contributed by atoms with van der Waals surface area (Å²) in [7, 11) is 0. The Kier molecular flexibility index (Phi) is 4.40. The zero-order chi connectivity index (χ0) is 19.8. The lowest BCUT2D eigenvalue weighted by atomic mass is 10.1. The van der Waals surface area contributed by atoms with E-state index in [2.05, 4.69) is 10.3 Å². The first-order valence-electron chi connectivity index (χ1n) is 8.21. The van der Waals surface area contributed by atoms with E-state index < -0.39 is 22.6 Å². The Balaban J connectivity index is 1.64. The van der Waals surface area contributed by atoms with Crippen molar-refractivity contribution in [1.82, 2.24) is 5.32 Å². The zero-order valence-corrected chi connectivity index (χ0v) is 15.1. The van der Waals surface area contributed by atoms with Crippen molar-refractivity contribution >= 4 is 46.0 Å². The van der Waals surface area contributed by atoms with E-state index in [-0.39, 0.29) is 28.1 Å². The molecule has 1 N–H and O–H groups in total. The minimum Gasteiger partial charge on any atom is -0.301 e. The number of carbonyl (C=O) groups is 3. The van der Waals surface area contributed by atoms with Gasteiger partial charge >= 0.3 is 0 Å². The van der Waals surface area contributed by atoms with Crippen molar-refractivity contribution in [2.75, 3.05) is 17.2 Å². The Bertz CT molecular complexity index is 1080. The second-order valence-electron chi connectivity index (χ2n) is 5.97. The van der Waals surface area contributed by atoms with E-state index >= 15 is 0 Å². The van der Waals surface area contributed by atoms with Crippen LogP contribution in [0.5, 0.6) is 0 Å². The Hall–Kier alpha value is -3.53. The molecule has 2 heterocycles. The summed E-state index contributed by atoms with van der Waals surface area (Å²) in [5.41, 5.74) is 0.246. The fraction of sp³-hybridized carbons (Fsp3) is 0.111. The number of rotatable bonds is 3. The fourth-order valence-electron chi connectivity index (χ4n) is 2.94. The summed E-state index contributed by atoms with van der Waals surface area (Å²) < 4.78 is 0. The van der Waals surface area contributed by atoms with Crippen LogP contribution in [-0.4, -0.2) is 40.1 Å². The summed E-state index contributed by atoms with van der Waals surface area (Å²) in [4.78, 5) is 53.1. The molecule has 2 aromatic carbocycles. The first-order chi connectivity index (χ1) is 13.5. The SMILES string of the molecule is O=C(NC1=NCCS1)c1cccc(N2C(=O)c3ccc([N+](=O)[O-])cc3C2=O)c1. The normalized spacial score (nSPS) is 15.4. The molecule has 0 radical (unpaired) electrons. The highest BCUT2D eigenvalue weighted by Gasteiger charge is 2.38. The van der Waals surface area contributed by atoms with Crippen LogP contribution in [0.2, 0.25) is 0 Å². The van der Waals surface area contributed by atoms with Gasteiger partial charge in [0.2, 0.25) is 0 Å². The Labute approximate surface area is 162 Å². The maximum absolute atomic E-state index is 12.7. The van der Waals surface area contributed by atoms with Crippen LogP contribution in [0.1, 0.15) is 31.1 Å². The van der Waals surface area contributed by atoms with Gasteiger partial charge in [-0.25, -0.2) is 4.90 Å². The maximum atomic E-state index is 12.7. The first kappa shape index (κ1) is 17.9. The number of hydrogen-bond donors (Lipinski definition) is 1. The van der Waals surface area contributed by atoms with Gasteiger partial charge in [-0.1, -0.05) is 17.8 Å². The Morgan fingerprint density at radius 1 is 1.14 bits per heavy atom. The fourth-order valence-corrected chi connectivity index (χ4v) is 3.67. The summed E-state index contributed by atoms with van der Waals surface area (Å²) >= 11 is 1.44. The van der Waals surface area contributed by atoms with Gasteiger partial charge in [-0.15, -0.1) is 0 Å². The molecule has 2 aliphatic rings. The van der Waals surface area contributed by atoms with Crippen molar-refractivity contribution in [3.63, 3.8) is 0 Å². The van der Waals surface area contributed by atoms with Crippen LogP contribution < -0.4 is 10.2 Å². The molecule has 0 saturated carbocycles. The molecule has 0 atom stereocenters. The van der Waals surface area contributed by atoms with E-state index in [1.807, 2.05) is 0 Å². The molecule has 0 bridgehead atoms. The van der Waals surface area contributed by atoms with Crippen molar-refractivity contribution in [3.05, 3.63) is 69.3 Å². The van der Waals surface area contributed by atoms with E-state index in [0.29, 0.717) is 11.7 Å². The number of carbonyl (C=O) groups excluding carboxylic acids is 3. The van der Waals surface area contributed by atoms with Gasteiger partial charge in [0.1, 0.15) is 0 Å². The van der Waals surface area contributed by atoms with Gasteiger partial charge in [0.25, 0.3) is 23.4 Å². The molecule has 0 aliphatic carbocycles. The zero-order valence-electron chi connectivity index (χ0n) is 14.2. The monoisotopic (exact) mass is 396 g/mol. The number of anilines is 1. The van der Waals surface area contributed by atoms with E-state index in [9.17, 15) is 24.5 Å². The summed E-state index contributed by atoms with van der Waals surface area (Å²) in [6, 6.07) is 9.58. The lowest BCUT2D eigenvalue weighted by molar-refractivity contribution is -0.384. The van der Waals surface area contributed by atoms with Gasteiger partial charge in [-0.05, 0) is 24.3 Å². The summed E-state index contributed by atoms with van der Waals surface area (Å²) in [5.74, 6) is -0.862. The molecule has 2 aromatic rings. The van der Waals surface area contributed by atoms with Crippen LogP contribution in [0.25, 0.3) is 0 Å². The van der Waals surface area contributed by atoms with Crippen LogP contribution in [-0.2, 0) is 0 Å². The minimum absolute atomic E-state index is 0.0363. The number of amidine groups is 1. The van der Waals surface area contributed by atoms with Crippen LogP contribution in [0, 0.1) is 10.1 Å². The van der Waals surface area contributed by atoms with Gasteiger partial charge in [-0.2, -0.15) is 0 Å². The lowest BCUT2D eigenvalue weighted by Crippen LogP contribution is -2.30. The molecule has 0 spiro atoms. The average molecular weight is 396 g/mol. The molecule has 3 amide bonds. The summed E-state index contributed by atoms with van der Waals surface area (Å²) in [6.07, 6.45) is 0. The maximum Gasteiger partial charge on any atom is 0.270 e. The molecule has 140 valence electrons. The molecular weight excluding hydrogens is 384 g/mol. The third kappa shape index (κ3) is 3.03. The number of imide groups is 1. The molecule has 0 fully saturated rings. The number of nitrogens with zero attached hydrogens (tertiary/aromatic N) is 3. The van der Waals surface area contributed by atoms with Crippen LogP contribution in [0.15, 0.2) is 47.5 Å². The molecule has 0 saturated heterocycles. The van der Waals surface area contributed by atoms with Crippen LogP contribution in [0.3, 0.4) is 0 Å². The van der Waals surface area contributed by atoms with Crippen LogP contribution in [0.4, 0.5) is 11.4 Å². The standard InChI is InChI=1S/C18H12N4O5S/c23-15(20-18-19-6-7-28-18)10-2-1-3-11(8-10)21-16(24)13-5-4-12(22(26)27)9-14(13)17(21)25/h1-5,8-9H,6-7H2,(H,19,20,23). The second-order valence-corrected chi connectivity index (χ2v) is 7.06. The predicted octanol–water partition coefficient (Wildman–Crippen LogP) is 2.23. The van der Waals surface area contributed by atoms with Crippen molar-refractivity contribution in [1.29, 1.82) is 0 Å². The highest BCUT2D eigenvalue weighted by atomic mass is 32.2. The molecule has 10 heteroatoms. The number of amides is 3. The summed E-state index contributed by atoms with van der Waals surface area (Å²) in [5, 5.41) is 14.2. The first-order valence-corrected chi connectivity index (χ1v) is 9.20. The molecule has 9 nitrogen and oxygen atoms in total. The van der Waals surface area contributed by atoms with Crippen molar-refractivity contribution < 1.29 is 19.3 Å². The Morgan fingerprint density at radius 3 is 2.64 bits per heavy atom. The molecule has 0 unspecified atom stereocenters. The van der Waals surface area contributed by atoms with Crippen molar-refractivity contribution in [2.45, 2.75) is 0 Å². The average Bonchev–Trinajstić information content (AvgIpc) is 3.28. The highest BCUT2D eigenvalue weighted by Crippen LogP contribution is 2.31. The number of benzene rings is 2. The van der Waals surface area contributed by atoms with E-state index in [4.69, 9.17) is 0 Å². The van der Waals surface area contributed by atoms with E-state index in [1.54, 1.807) is 12.1 Å². The number of aliphatic imine (C=N–C) groups is 1. The molecule has 28 heavy (non-hydrogen) atoms. The van der Waals surface area contributed by atoms with Crippen LogP contribution >= 0.6 is 11.8 Å². The number of nitro groups is 1. The van der Waals surface area contributed by atoms with Crippen molar-refractivity contribution in [3.8, 4) is 0 Å². The van der Waals surface area contributed by atoms with E-state index in [0.717, 1.165) is 16.7 Å². The number of fused-ring (bicyclic) bond motifs is 1. The second kappa shape index (κ2) is 6.89. The molecular formula is C18H12N4O5S. The lowest BCUT2D eigenvalue weighted by Gasteiger charge is -2.15.